The van der Waals surface area contributed by atoms with E-state index in [0.29, 0.717) is 13.0 Å². The van der Waals surface area contributed by atoms with E-state index in [1.165, 1.54) is 5.32 Å². The predicted octanol–water partition coefficient (Wildman–Crippen LogP) is 0.850. The minimum atomic E-state index is -5.09. The molecule has 0 aliphatic carbocycles. The van der Waals surface area contributed by atoms with Crippen LogP contribution in [0.4, 0.5) is 13.2 Å². The molecule has 0 aromatic heterocycles. The van der Waals surface area contributed by atoms with E-state index in [2.05, 4.69) is 0 Å². The van der Waals surface area contributed by atoms with Crippen molar-refractivity contribution in [2.24, 2.45) is 0 Å². The number of nitrogens with one attached hydrogen (secondary N) is 1. The zero-order valence-electron chi connectivity index (χ0n) is 10.5. The molecule has 0 aromatic carbocycles. The van der Waals surface area contributed by atoms with Crippen LogP contribution >= 0.6 is 0 Å². The topological polar surface area (TPSA) is 69.6 Å². The third kappa shape index (κ3) is 5.35. The Morgan fingerprint density at radius 3 is 2.11 bits per heavy atom. The molecule has 0 saturated heterocycles. The molecule has 0 saturated carbocycles. The highest BCUT2D eigenvalue weighted by molar-refractivity contribution is 5.89. The standard InChI is InChI=1S/C10H17F3N2O3/c1-9(8(17)18,5-4-6-15(2)3)14-7(16)10(11,12)13/h4-6H2,1-3H3,(H,14,16)(H,17,18). The molecular weight excluding hydrogens is 253 g/mol. The highest BCUT2D eigenvalue weighted by atomic mass is 19.4. The monoisotopic (exact) mass is 270 g/mol. The molecule has 1 atom stereocenters. The average Bonchev–Trinajstić information content (AvgIpc) is 2.14. The van der Waals surface area contributed by atoms with Crippen LogP contribution in [0.5, 0.6) is 0 Å². The van der Waals surface area contributed by atoms with Crippen molar-refractivity contribution in [3.63, 3.8) is 0 Å². The lowest BCUT2D eigenvalue weighted by Gasteiger charge is -2.27. The Labute approximate surface area is 103 Å². The van der Waals surface area contributed by atoms with Gasteiger partial charge in [0.15, 0.2) is 0 Å². The van der Waals surface area contributed by atoms with Gasteiger partial charge in [0.05, 0.1) is 0 Å². The second-order valence-electron chi connectivity index (χ2n) is 4.50. The van der Waals surface area contributed by atoms with Gasteiger partial charge >= 0.3 is 18.1 Å². The second kappa shape index (κ2) is 6.03. The van der Waals surface area contributed by atoms with E-state index in [0.717, 1.165) is 6.92 Å². The van der Waals surface area contributed by atoms with Crippen LogP contribution in [-0.4, -0.2) is 54.2 Å². The van der Waals surface area contributed by atoms with Crippen LogP contribution in [0, 0.1) is 0 Å². The van der Waals surface area contributed by atoms with Crippen molar-refractivity contribution in [3.8, 4) is 0 Å². The van der Waals surface area contributed by atoms with Crippen LogP contribution < -0.4 is 5.32 Å². The summed E-state index contributed by atoms with van der Waals surface area (Å²) in [5.41, 5.74) is -1.91. The number of halogens is 3. The summed E-state index contributed by atoms with van der Waals surface area (Å²) in [5, 5.41) is 10.4. The maximum absolute atomic E-state index is 12.1. The molecule has 0 spiro atoms. The van der Waals surface area contributed by atoms with Crippen molar-refractivity contribution in [1.29, 1.82) is 0 Å². The molecule has 106 valence electrons. The number of aliphatic carboxylic acids is 1. The molecular formula is C10H17F3N2O3. The smallest absolute Gasteiger partial charge is 0.471 e. The molecule has 18 heavy (non-hydrogen) atoms. The summed E-state index contributed by atoms with van der Waals surface area (Å²) in [6, 6.07) is 0. The minimum absolute atomic E-state index is 0.0810. The van der Waals surface area contributed by atoms with E-state index in [9.17, 15) is 22.8 Å². The van der Waals surface area contributed by atoms with Crippen LogP contribution in [-0.2, 0) is 9.59 Å². The minimum Gasteiger partial charge on any atom is -0.480 e. The van der Waals surface area contributed by atoms with E-state index in [4.69, 9.17) is 5.11 Å². The Morgan fingerprint density at radius 2 is 1.78 bits per heavy atom. The number of carbonyl (C=O) groups is 2. The maximum Gasteiger partial charge on any atom is 0.471 e. The Kier molecular flexibility index (Phi) is 5.59. The number of carboxylic acids is 1. The Morgan fingerprint density at radius 1 is 1.28 bits per heavy atom. The van der Waals surface area contributed by atoms with Crippen molar-refractivity contribution in [1.82, 2.24) is 10.2 Å². The molecule has 1 amide bonds. The molecule has 5 nitrogen and oxygen atoms in total. The molecule has 0 heterocycles. The molecule has 2 N–H and O–H groups in total. The number of hydrogen-bond acceptors (Lipinski definition) is 3. The summed E-state index contributed by atoms with van der Waals surface area (Å²) in [5.74, 6) is -3.73. The van der Waals surface area contributed by atoms with E-state index in [-0.39, 0.29) is 6.42 Å². The van der Waals surface area contributed by atoms with Gasteiger partial charge in [-0.05, 0) is 40.4 Å². The molecule has 0 rings (SSSR count). The number of hydrogen-bond donors (Lipinski definition) is 2. The van der Waals surface area contributed by atoms with Gasteiger partial charge in [-0.1, -0.05) is 0 Å². The summed E-state index contributed by atoms with van der Waals surface area (Å²) >= 11 is 0. The van der Waals surface area contributed by atoms with Gasteiger partial charge in [-0.2, -0.15) is 13.2 Å². The van der Waals surface area contributed by atoms with Gasteiger partial charge in [0.25, 0.3) is 0 Å². The predicted molar refractivity (Wildman–Crippen MR) is 58.0 cm³/mol. The first kappa shape index (κ1) is 16.7. The second-order valence-corrected chi connectivity index (χ2v) is 4.50. The van der Waals surface area contributed by atoms with E-state index in [1.54, 1.807) is 19.0 Å². The fourth-order valence-electron chi connectivity index (χ4n) is 1.29. The first-order valence-electron chi connectivity index (χ1n) is 5.26. The van der Waals surface area contributed by atoms with Crippen LogP contribution in [0.1, 0.15) is 19.8 Å². The van der Waals surface area contributed by atoms with Crippen molar-refractivity contribution >= 4 is 11.9 Å². The summed E-state index contributed by atoms with van der Waals surface area (Å²) in [6.07, 6.45) is -4.81. The van der Waals surface area contributed by atoms with Crippen LogP contribution in [0.25, 0.3) is 0 Å². The lowest BCUT2D eigenvalue weighted by atomic mass is 9.95. The first-order chi connectivity index (χ1) is 7.99. The van der Waals surface area contributed by atoms with Crippen molar-refractivity contribution < 1.29 is 27.9 Å². The Bertz CT molecular complexity index is 318. The lowest BCUT2D eigenvalue weighted by molar-refractivity contribution is -0.177. The molecule has 1 unspecified atom stereocenters. The number of amides is 1. The molecule has 8 heteroatoms. The van der Waals surface area contributed by atoms with Crippen molar-refractivity contribution in [2.45, 2.75) is 31.5 Å². The number of alkyl halides is 3. The van der Waals surface area contributed by atoms with Gasteiger partial charge in [-0.25, -0.2) is 4.79 Å². The third-order valence-corrected chi connectivity index (χ3v) is 2.40. The highest BCUT2D eigenvalue weighted by Gasteiger charge is 2.45. The highest BCUT2D eigenvalue weighted by Crippen LogP contribution is 2.19. The van der Waals surface area contributed by atoms with Gasteiger partial charge in [0.1, 0.15) is 5.54 Å². The van der Waals surface area contributed by atoms with Gasteiger partial charge in [0, 0.05) is 0 Å². The van der Waals surface area contributed by atoms with Crippen molar-refractivity contribution in [2.75, 3.05) is 20.6 Å². The zero-order valence-corrected chi connectivity index (χ0v) is 10.5. The third-order valence-electron chi connectivity index (χ3n) is 2.40. The lowest BCUT2D eigenvalue weighted by Crippen LogP contribution is -2.55. The molecule has 0 aromatic rings. The van der Waals surface area contributed by atoms with E-state index >= 15 is 0 Å². The number of carboxylic acid groups (broad SMARTS) is 1. The van der Waals surface area contributed by atoms with E-state index in [1.807, 2.05) is 0 Å². The fraction of sp³-hybridized carbons (Fsp3) is 0.800. The summed E-state index contributed by atoms with van der Waals surface area (Å²) in [7, 11) is 3.51. The molecule has 0 aliphatic heterocycles. The van der Waals surface area contributed by atoms with Gasteiger partial charge in [-0.15, -0.1) is 0 Å². The number of nitrogens with zero attached hydrogens (tertiary/aromatic N) is 1. The van der Waals surface area contributed by atoms with Gasteiger partial charge < -0.3 is 15.3 Å². The van der Waals surface area contributed by atoms with Gasteiger partial charge in [0.2, 0.25) is 0 Å². The van der Waals surface area contributed by atoms with E-state index < -0.39 is 23.6 Å². The summed E-state index contributed by atoms with van der Waals surface area (Å²) < 4.78 is 36.2. The average molecular weight is 270 g/mol. The van der Waals surface area contributed by atoms with Gasteiger partial charge in [-0.3, -0.25) is 4.79 Å². The quantitative estimate of drug-likeness (QED) is 0.750. The largest absolute Gasteiger partial charge is 0.480 e. The number of carbonyl (C=O) groups excluding carboxylic acids is 1. The fourth-order valence-corrected chi connectivity index (χ4v) is 1.29. The number of rotatable bonds is 6. The summed E-state index contributed by atoms with van der Waals surface area (Å²) in [4.78, 5) is 23.5. The first-order valence-corrected chi connectivity index (χ1v) is 5.26. The Balaban J connectivity index is 4.63. The normalized spacial score (nSPS) is 15.3. The SMILES string of the molecule is CN(C)CCCC(C)(NC(=O)C(F)(F)F)C(=O)O. The van der Waals surface area contributed by atoms with Crippen LogP contribution in [0.15, 0.2) is 0 Å². The van der Waals surface area contributed by atoms with Crippen LogP contribution in [0.3, 0.4) is 0 Å². The molecule has 0 radical (unpaired) electrons. The summed E-state index contributed by atoms with van der Waals surface area (Å²) in [6.45, 7) is 1.58. The Hall–Kier alpha value is -1.31. The molecule has 0 bridgehead atoms. The van der Waals surface area contributed by atoms with Crippen LogP contribution in [0.2, 0.25) is 0 Å². The molecule has 0 aliphatic rings. The molecule has 0 fully saturated rings. The zero-order chi connectivity index (χ0) is 14.6. The van der Waals surface area contributed by atoms with Crippen molar-refractivity contribution in [3.05, 3.63) is 0 Å². The maximum atomic E-state index is 12.1.